The van der Waals surface area contributed by atoms with Gasteiger partial charge >= 0.3 is 5.69 Å². The molecule has 1 aromatic carbocycles. The maximum atomic E-state index is 13.4. The lowest BCUT2D eigenvalue weighted by Gasteiger charge is -2.13. The van der Waals surface area contributed by atoms with Crippen LogP contribution in [0.5, 0.6) is 11.5 Å². The summed E-state index contributed by atoms with van der Waals surface area (Å²) in [5, 5.41) is 14.1. The number of methoxy groups -OCH3 is 1. The van der Waals surface area contributed by atoms with Crippen LogP contribution in [0.2, 0.25) is 0 Å². The van der Waals surface area contributed by atoms with Gasteiger partial charge in [0.05, 0.1) is 18.1 Å². The fourth-order valence-electron chi connectivity index (χ4n) is 2.03. The third-order valence-corrected chi connectivity index (χ3v) is 3.03. The minimum atomic E-state index is -0.777. The molecule has 1 aliphatic heterocycles. The number of rotatable bonds is 5. The molecule has 19 heavy (non-hydrogen) atoms. The molecule has 0 radical (unpaired) electrons. The van der Waals surface area contributed by atoms with Gasteiger partial charge in [-0.25, -0.2) is 4.39 Å². The number of hydrogen-bond donors (Lipinski definition) is 1. The van der Waals surface area contributed by atoms with Crippen LogP contribution in [0.15, 0.2) is 12.1 Å². The van der Waals surface area contributed by atoms with E-state index in [0.717, 1.165) is 25.5 Å². The maximum Gasteiger partial charge on any atom is 0.314 e. The van der Waals surface area contributed by atoms with Gasteiger partial charge in [-0.15, -0.1) is 0 Å². The fourth-order valence-corrected chi connectivity index (χ4v) is 2.03. The lowest BCUT2D eigenvalue weighted by Crippen LogP contribution is -2.28. The maximum absolute atomic E-state index is 13.4. The quantitative estimate of drug-likeness (QED) is 0.653. The van der Waals surface area contributed by atoms with Gasteiger partial charge in [-0.3, -0.25) is 10.1 Å². The molecule has 104 valence electrons. The van der Waals surface area contributed by atoms with Crippen molar-refractivity contribution >= 4 is 5.69 Å². The van der Waals surface area contributed by atoms with Gasteiger partial charge in [0.25, 0.3) is 0 Å². The second-order valence-electron chi connectivity index (χ2n) is 4.32. The Morgan fingerprint density at radius 1 is 1.53 bits per heavy atom. The zero-order valence-electron chi connectivity index (χ0n) is 10.5. The molecular weight excluding hydrogens is 255 g/mol. The first-order chi connectivity index (χ1) is 9.11. The van der Waals surface area contributed by atoms with Crippen molar-refractivity contribution in [3.05, 3.63) is 28.1 Å². The van der Waals surface area contributed by atoms with Crippen LogP contribution in [0.1, 0.15) is 12.8 Å². The van der Waals surface area contributed by atoms with E-state index in [1.54, 1.807) is 0 Å². The summed E-state index contributed by atoms with van der Waals surface area (Å²) in [5.74, 6) is -0.822. The van der Waals surface area contributed by atoms with Crippen LogP contribution >= 0.6 is 0 Å². The minimum absolute atomic E-state index is 0.0250. The van der Waals surface area contributed by atoms with Gasteiger partial charge in [0.15, 0.2) is 11.6 Å². The van der Waals surface area contributed by atoms with Crippen molar-refractivity contribution in [3.63, 3.8) is 0 Å². The van der Waals surface area contributed by atoms with E-state index in [4.69, 9.17) is 9.47 Å². The Kier molecular flexibility index (Phi) is 4.16. The molecule has 0 aliphatic carbocycles. The molecule has 1 N–H and O–H groups in total. The van der Waals surface area contributed by atoms with Crippen LogP contribution in [0.3, 0.4) is 0 Å². The van der Waals surface area contributed by atoms with Crippen molar-refractivity contribution in [2.75, 3.05) is 20.3 Å². The van der Waals surface area contributed by atoms with E-state index in [9.17, 15) is 14.5 Å². The van der Waals surface area contributed by atoms with Crippen molar-refractivity contribution in [1.29, 1.82) is 0 Å². The minimum Gasteiger partial charge on any atom is -0.494 e. The van der Waals surface area contributed by atoms with Crippen molar-refractivity contribution in [2.45, 2.75) is 18.9 Å². The molecule has 0 bridgehead atoms. The summed E-state index contributed by atoms with van der Waals surface area (Å²) in [6.07, 6.45) is 2.02. The van der Waals surface area contributed by atoms with Crippen molar-refractivity contribution in [3.8, 4) is 11.5 Å². The number of nitro groups is 1. The number of ether oxygens (including phenoxy) is 2. The number of halogens is 1. The number of nitro benzene ring substituents is 1. The highest BCUT2D eigenvalue weighted by molar-refractivity contribution is 5.51. The van der Waals surface area contributed by atoms with E-state index >= 15 is 0 Å². The third-order valence-electron chi connectivity index (χ3n) is 3.03. The molecule has 1 atom stereocenters. The van der Waals surface area contributed by atoms with Crippen molar-refractivity contribution < 1.29 is 18.8 Å². The van der Waals surface area contributed by atoms with Crippen LogP contribution in [-0.4, -0.2) is 31.2 Å². The van der Waals surface area contributed by atoms with Crippen LogP contribution in [0.4, 0.5) is 10.1 Å². The summed E-state index contributed by atoms with van der Waals surface area (Å²) in [6.45, 7) is 1.23. The normalized spacial score (nSPS) is 18.3. The van der Waals surface area contributed by atoms with Gasteiger partial charge in [-0.1, -0.05) is 0 Å². The van der Waals surface area contributed by atoms with Crippen LogP contribution in [0, 0.1) is 15.9 Å². The molecule has 0 saturated carbocycles. The van der Waals surface area contributed by atoms with Crippen LogP contribution in [-0.2, 0) is 0 Å². The van der Waals surface area contributed by atoms with Gasteiger partial charge < -0.3 is 14.8 Å². The zero-order valence-corrected chi connectivity index (χ0v) is 10.5. The predicted octanol–water partition coefficient (Wildman–Crippen LogP) is 1.87. The smallest absolute Gasteiger partial charge is 0.314 e. The first-order valence-corrected chi connectivity index (χ1v) is 6.00. The molecular formula is C12H15FN2O4. The lowest BCUT2D eigenvalue weighted by atomic mass is 10.2. The number of benzene rings is 1. The predicted molar refractivity (Wildman–Crippen MR) is 66.1 cm³/mol. The fraction of sp³-hybridized carbons (Fsp3) is 0.500. The van der Waals surface area contributed by atoms with Gasteiger partial charge in [0, 0.05) is 12.1 Å². The van der Waals surface area contributed by atoms with Gasteiger partial charge in [0.1, 0.15) is 6.61 Å². The van der Waals surface area contributed by atoms with E-state index in [-0.39, 0.29) is 17.5 Å². The van der Waals surface area contributed by atoms with Crippen LogP contribution < -0.4 is 14.8 Å². The molecule has 7 heteroatoms. The standard InChI is InChI=1S/C12H15FN2O4/c1-18-11-6-12(10(15(16)17)5-9(11)13)19-7-8-3-2-4-14-8/h5-6,8,14H,2-4,7H2,1H3. The molecule has 6 nitrogen and oxygen atoms in total. The van der Waals surface area contributed by atoms with Crippen molar-refractivity contribution in [1.82, 2.24) is 5.32 Å². The molecule has 1 unspecified atom stereocenters. The molecule has 0 amide bonds. The summed E-state index contributed by atoms with van der Waals surface area (Å²) in [6, 6.07) is 2.20. The van der Waals surface area contributed by atoms with E-state index in [1.165, 1.54) is 13.2 Å². The first-order valence-electron chi connectivity index (χ1n) is 6.00. The number of nitrogens with one attached hydrogen (secondary N) is 1. The Morgan fingerprint density at radius 3 is 2.89 bits per heavy atom. The number of nitrogens with zero attached hydrogens (tertiary/aromatic N) is 1. The summed E-state index contributed by atoms with van der Waals surface area (Å²) >= 11 is 0. The number of hydrogen-bond acceptors (Lipinski definition) is 5. The van der Waals surface area contributed by atoms with Crippen molar-refractivity contribution in [2.24, 2.45) is 0 Å². The summed E-state index contributed by atoms with van der Waals surface area (Å²) in [5.41, 5.74) is -0.392. The summed E-state index contributed by atoms with van der Waals surface area (Å²) < 4.78 is 23.7. The largest absolute Gasteiger partial charge is 0.494 e. The van der Waals surface area contributed by atoms with Gasteiger partial charge in [-0.2, -0.15) is 0 Å². The molecule has 0 spiro atoms. The third kappa shape index (κ3) is 3.11. The van der Waals surface area contributed by atoms with E-state index in [1.807, 2.05) is 0 Å². The molecule has 0 aromatic heterocycles. The molecule has 2 rings (SSSR count). The molecule has 1 aliphatic rings. The average Bonchev–Trinajstić information content (AvgIpc) is 2.89. The second-order valence-corrected chi connectivity index (χ2v) is 4.32. The monoisotopic (exact) mass is 270 g/mol. The SMILES string of the molecule is COc1cc(OCC2CCCN2)c([N+](=O)[O-])cc1F. The zero-order chi connectivity index (χ0) is 13.8. The Balaban J connectivity index is 2.18. The Labute approximate surface area is 109 Å². The highest BCUT2D eigenvalue weighted by Gasteiger charge is 2.22. The Morgan fingerprint density at radius 2 is 2.32 bits per heavy atom. The second kappa shape index (κ2) is 5.83. The first kappa shape index (κ1) is 13.5. The molecule has 1 aromatic rings. The summed E-state index contributed by atoms with van der Waals surface area (Å²) in [7, 11) is 1.30. The topological polar surface area (TPSA) is 73.6 Å². The highest BCUT2D eigenvalue weighted by atomic mass is 19.1. The Bertz CT molecular complexity index is 475. The van der Waals surface area contributed by atoms with E-state index in [0.29, 0.717) is 6.61 Å². The Hall–Kier alpha value is -1.89. The molecule has 1 heterocycles. The average molecular weight is 270 g/mol. The highest BCUT2D eigenvalue weighted by Crippen LogP contribution is 2.33. The molecule has 1 saturated heterocycles. The van der Waals surface area contributed by atoms with E-state index < -0.39 is 16.4 Å². The molecule has 1 fully saturated rings. The van der Waals surface area contributed by atoms with Gasteiger partial charge in [0.2, 0.25) is 5.75 Å². The van der Waals surface area contributed by atoms with Crippen LogP contribution in [0.25, 0.3) is 0 Å². The van der Waals surface area contributed by atoms with E-state index in [2.05, 4.69) is 5.32 Å². The summed E-state index contributed by atoms with van der Waals surface area (Å²) in [4.78, 5) is 10.2. The van der Waals surface area contributed by atoms with Gasteiger partial charge in [-0.05, 0) is 19.4 Å². The lowest BCUT2D eigenvalue weighted by molar-refractivity contribution is -0.386.